The molecule has 9 heteroatoms. The van der Waals surface area contributed by atoms with Crippen LogP contribution in [0.4, 0.5) is 0 Å². The van der Waals surface area contributed by atoms with Crippen LogP contribution in [0.25, 0.3) is 34.4 Å². The summed E-state index contributed by atoms with van der Waals surface area (Å²) in [5.74, 6) is 2.06. The standard InChI is InChI=1S/C23H19ClN6O2/c1-13-7-4-5-10-18(13)21-26-23(32-28-21)20-14(2)30(29-27-20)12-19-15(3)31-22(25-19)16-8-6-9-17(24)11-16/h4-11H,12H2,1-3H3. The molecule has 5 aromatic rings. The molecule has 0 bridgehead atoms. The van der Waals surface area contributed by atoms with Crippen molar-refractivity contribution in [1.29, 1.82) is 0 Å². The Kier molecular flexibility index (Phi) is 5.07. The molecule has 5 rings (SSSR count). The molecule has 2 aromatic carbocycles. The van der Waals surface area contributed by atoms with E-state index in [2.05, 4.69) is 25.4 Å². The van der Waals surface area contributed by atoms with Crippen molar-refractivity contribution >= 4 is 11.6 Å². The van der Waals surface area contributed by atoms with Crippen molar-refractivity contribution in [2.24, 2.45) is 0 Å². The van der Waals surface area contributed by atoms with Crippen LogP contribution in [0.2, 0.25) is 5.02 Å². The number of benzene rings is 2. The highest BCUT2D eigenvalue weighted by Crippen LogP contribution is 2.27. The topological polar surface area (TPSA) is 95.7 Å². The quantitative estimate of drug-likeness (QED) is 0.362. The van der Waals surface area contributed by atoms with Crippen molar-refractivity contribution in [1.82, 2.24) is 30.1 Å². The first-order valence-corrected chi connectivity index (χ1v) is 10.4. The number of nitrogens with zero attached hydrogens (tertiary/aromatic N) is 6. The van der Waals surface area contributed by atoms with E-state index in [4.69, 9.17) is 20.5 Å². The molecular formula is C23H19ClN6O2. The van der Waals surface area contributed by atoms with E-state index in [9.17, 15) is 0 Å². The van der Waals surface area contributed by atoms with Crippen LogP contribution in [0, 0.1) is 20.8 Å². The van der Waals surface area contributed by atoms with E-state index in [-0.39, 0.29) is 0 Å². The predicted molar refractivity (Wildman–Crippen MR) is 119 cm³/mol. The molecule has 0 N–H and O–H groups in total. The SMILES string of the molecule is Cc1ccccc1-c1noc(-c2nnn(Cc3nc(-c4cccc(Cl)c4)oc3C)c2C)n1. The molecule has 3 aromatic heterocycles. The van der Waals surface area contributed by atoms with Gasteiger partial charge in [0.15, 0.2) is 5.69 Å². The minimum Gasteiger partial charge on any atom is -0.441 e. The molecule has 32 heavy (non-hydrogen) atoms. The van der Waals surface area contributed by atoms with Crippen LogP contribution < -0.4 is 0 Å². The normalized spacial score (nSPS) is 11.2. The second-order valence-corrected chi connectivity index (χ2v) is 7.89. The fourth-order valence-electron chi connectivity index (χ4n) is 3.42. The van der Waals surface area contributed by atoms with Crippen LogP contribution in [0.3, 0.4) is 0 Å². The summed E-state index contributed by atoms with van der Waals surface area (Å²) < 4.78 is 13.1. The summed E-state index contributed by atoms with van der Waals surface area (Å²) in [6, 6.07) is 15.3. The Bertz CT molecular complexity index is 1420. The molecule has 0 atom stereocenters. The molecule has 0 saturated carbocycles. The van der Waals surface area contributed by atoms with Crippen LogP contribution >= 0.6 is 11.6 Å². The maximum atomic E-state index is 6.09. The summed E-state index contributed by atoms with van der Waals surface area (Å²) in [5.41, 5.74) is 4.88. The second-order valence-electron chi connectivity index (χ2n) is 7.45. The Balaban J connectivity index is 1.42. The van der Waals surface area contributed by atoms with Gasteiger partial charge in [0.25, 0.3) is 5.89 Å². The van der Waals surface area contributed by atoms with E-state index in [1.807, 2.05) is 69.3 Å². The number of rotatable bonds is 5. The Labute approximate surface area is 188 Å². The summed E-state index contributed by atoms with van der Waals surface area (Å²) in [4.78, 5) is 9.15. The molecule has 0 amide bonds. The molecular weight excluding hydrogens is 428 g/mol. The maximum absolute atomic E-state index is 6.09. The van der Waals surface area contributed by atoms with Gasteiger partial charge in [-0.1, -0.05) is 52.3 Å². The first-order chi connectivity index (χ1) is 15.5. The van der Waals surface area contributed by atoms with Crippen LogP contribution in [0.5, 0.6) is 0 Å². The second kappa shape index (κ2) is 8.05. The zero-order valence-electron chi connectivity index (χ0n) is 17.7. The maximum Gasteiger partial charge on any atom is 0.280 e. The van der Waals surface area contributed by atoms with Crippen molar-refractivity contribution in [3.05, 3.63) is 76.3 Å². The molecule has 0 saturated heterocycles. The molecule has 0 aliphatic carbocycles. The lowest BCUT2D eigenvalue weighted by atomic mass is 10.1. The van der Waals surface area contributed by atoms with Crippen LogP contribution in [-0.4, -0.2) is 30.1 Å². The van der Waals surface area contributed by atoms with Crippen molar-refractivity contribution in [3.8, 4) is 34.4 Å². The zero-order valence-corrected chi connectivity index (χ0v) is 18.5. The van der Waals surface area contributed by atoms with E-state index in [0.717, 1.165) is 28.1 Å². The van der Waals surface area contributed by atoms with Gasteiger partial charge in [0.2, 0.25) is 11.7 Å². The Morgan fingerprint density at radius 2 is 1.81 bits per heavy atom. The average molecular weight is 447 g/mol. The highest BCUT2D eigenvalue weighted by atomic mass is 35.5. The van der Waals surface area contributed by atoms with Gasteiger partial charge < -0.3 is 8.94 Å². The fraction of sp³-hybridized carbons (Fsp3) is 0.174. The smallest absolute Gasteiger partial charge is 0.280 e. The average Bonchev–Trinajstić information content (AvgIpc) is 3.49. The fourth-order valence-corrected chi connectivity index (χ4v) is 3.61. The molecule has 0 spiro atoms. The van der Waals surface area contributed by atoms with E-state index in [1.165, 1.54) is 0 Å². The van der Waals surface area contributed by atoms with Gasteiger partial charge >= 0.3 is 0 Å². The Morgan fingerprint density at radius 3 is 2.62 bits per heavy atom. The lowest BCUT2D eigenvalue weighted by Gasteiger charge is -2.00. The van der Waals surface area contributed by atoms with Crippen molar-refractivity contribution in [2.45, 2.75) is 27.3 Å². The zero-order chi connectivity index (χ0) is 22.2. The third-order valence-electron chi connectivity index (χ3n) is 5.26. The molecule has 0 aliphatic rings. The molecule has 0 radical (unpaired) electrons. The summed E-state index contributed by atoms with van der Waals surface area (Å²) >= 11 is 6.09. The van der Waals surface area contributed by atoms with Crippen LogP contribution in [0.15, 0.2) is 57.5 Å². The Hall–Kier alpha value is -3.78. The minimum absolute atomic E-state index is 0.323. The number of hydrogen-bond donors (Lipinski definition) is 0. The van der Waals surface area contributed by atoms with Gasteiger partial charge in [-0.05, 0) is 44.5 Å². The monoisotopic (exact) mass is 446 g/mol. The molecule has 0 aliphatic heterocycles. The number of aromatic nitrogens is 6. The van der Waals surface area contributed by atoms with Crippen molar-refractivity contribution in [2.75, 3.05) is 0 Å². The van der Waals surface area contributed by atoms with Gasteiger partial charge in [0.05, 0.1) is 12.2 Å². The van der Waals surface area contributed by atoms with Gasteiger partial charge in [0, 0.05) is 16.1 Å². The predicted octanol–water partition coefficient (Wildman–Crippen LogP) is 5.28. The number of hydrogen-bond acceptors (Lipinski definition) is 7. The van der Waals surface area contributed by atoms with Crippen molar-refractivity contribution in [3.63, 3.8) is 0 Å². The molecule has 0 fully saturated rings. The van der Waals surface area contributed by atoms with Gasteiger partial charge in [-0.3, -0.25) is 0 Å². The first-order valence-electron chi connectivity index (χ1n) is 10.0. The van der Waals surface area contributed by atoms with Gasteiger partial charge in [-0.2, -0.15) is 4.98 Å². The third kappa shape index (κ3) is 3.69. The lowest BCUT2D eigenvalue weighted by molar-refractivity contribution is 0.430. The van der Waals surface area contributed by atoms with E-state index in [1.54, 1.807) is 4.68 Å². The molecule has 160 valence electrons. The summed E-state index contributed by atoms with van der Waals surface area (Å²) in [5, 5.41) is 13.3. The first kappa shape index (κ1) is 20.1. The van der Waals surface area contributed by atoms with Crippen LogP contribution in [-0.2, 0) is 6.54 Å². The third-order valence-corrected chi connectivity index (χ3v) is 5.50. The number of halogens is 1. The largest absolute Gasteiger partial charge is 0.441 e. The summed E-state index contributed by atoms with van der Waals surface area (Å²) in [6.07, 6.45) is 0. The highest BCUT2D eigenvalue weighted by molar-refractivity contribution is 6.30. The minimum atomic E-state index is 0.323. The lowest BCUT2D eigenvalue weighted by Crippen LogP contribution is -2.05. The van der Waals surface area contributed by atoms with Gasteiger partial charge in [0.1, 0.15) is 11.5 Å². The molecule has 8 nitrogen and oxygen atoms in total. The molecule has 3 heterocycles. The van der Waals surface area contributed by atoms with E-state index in [0.29, 0.717) is 40.6 Å². The van der Waals surface area contributed by atoms with Crippen molar-refractivity contribution < 1.29 is 8.94 Å². The summed E-state index contributed by atoms with van der Waals surface area (Å²) in [7, 11) is 0. The number of oxazole rings is 1. The highest BCUT2D eigenvalue weighted by Gasteiger charge is 2.20. The van der Waals surface area contributed by atoms with Gasteiger partial charge in [-0.15, -0.1) is 5.10 Å². The Morgan fingerprint density at radius 1 is 0.969 bits per heavy atom. The van der Waals surface area contributed by atoms with Gasteiger partial charge in [-0.25, -0.2) is 9.67 Å². The number of aryl methyl sites for hydroxylation is 2. The molecule has 0 unspecified atom stereocenters. The summed E-state index contributed by atoms with van der Waals surface area (Å²) in [6.45, 7) is 6.18. The van der Waals surface area contributed by atoms with Crippen LogP contribution in [0.1, 0.15) is 22.7 Å². The van der Waals surface area contributed by atoms with E-state index >= 15 is 0 Å². The van der Waals surface area contributed by atoms with E-state index < -0.39 is 0 Å².